The Labute approximate surface area is 103 Å². The quantitative estimate of drug-likeness (QED) is 0.417. The van der Waals surface area contributed by atoms with Crippen LogP contribution in [0.5, 0.6) is 0 Å². The van der Waals surface area contributed by atoms with E-state index in [0.717, 1.165) is 23.7 Å². The second kappa shape index (κ2) is 7.35. The molecular weight excluding hydrogens is 192 g/mol. The van der Waals surface area contributed by atoms with Crippen LogP contribution in [0.1, 0.15) is 79.1 Å². The maximum Gasteiger partial charge on any atom is -0.0363 e. The summed E-state index contributed by atoms with van der Waals surface area (Å²) in [5.74, 6) is 3.89. The maximum atomic E-state index is 2.53. The minimum atomic E-state index is 0.891. The van der Waals surface area contributed by atoms with Gasteiger partial charge >= 0.3 is 0 Å². The smallest absolute Gasteiger partial charge is 0.0363 e. The molecule has 0 bridgehead atoms. The lowest BCUT2D eigenvalue weighted by molar-refractivity contribution is 0.186. The van der Waals surface area contributed by atoms with Crippen LogP contribution in [-0.4, -0.2) is 0 Å². The van der Waals surface area contributed by atoms with E-state index in [2.05, 4.69) is 27.7 Å². The third kappa shape index (κ3) is 4.11. The Kier molecular flexibility index (Phi) is 6.46. The molecule has 1 rings (SSSR count). The molecule has 0 heteroatoms. The Balaban J connectivity index is 2.47. The number of unbranched alkanes of at least 4 members (excludes halogenated alkanes) is 2. The first-order valence-electron chi connectivity index (χ1n) is 7.66. The van der Waals surface area contributed by atoms with Crippen molar-refractivity contribution in [1.82, 2.24) is 0 Å². The van der Waals surface area contributed by atoms with E-state index in [1.165, 1.54) is 51.4 Å². The highest BCUT2D eigenvalue weighted by atomic mass is 14.3. The van der Waals surface area contributed by atoms with Gasteiger partial charge in [0.15, 0.2) is 0 Å². The van der Waals surface area contributed by atoms with Gasteiger partial charge in [-0.25, -0.2) is 0 Å². The standard InChI is InChI=1S/C16H32/c1-5-6-7-10-15-11-8-9-12-16(13(2)3)14(15)4/h13-16H,5-12H2,1-4H3. The lowest BCUT2D eigenvalue weighted by Crippen LogP contribution is -2.23. The molecule has 1 aliphatic carbocycles. The fourth-order valence-corrected chi connectivity index (χ4v) is 3.67. The third-order valence-electron chi connectivity index (χ3n) is 4.82. The summed E-state index contributed by atoms with van der Waals surface area (Å²) in [7, 11) is 0. The Morgan fingerprint density at radius 3 is 2.38 bits per heavy atom. The van der Waals surface area contributed by atoms with Crippen LogP contribution in [0.15, 0.2) is 0 Å². The highest BCUT2D eigenvalue weighted by Gasteiger charge is 2.29. The summed E-state index contributed by atoms with van der Waals surface area (Å²) in [4.78, 5) is 0. The molecule has 0 aromatic carbocycles. The average Bonchev–Trinajstić information content (AvgIpc) is 2.42. The molecule has 3 atom stereocenters. The van der Waals surface area contributed by atoms with Gasteiger partial charge in [0.1, 0.15) is 0 Å². The molecule has 0 aliphatic heterocycles. The zero-order valence-corrected chi connectivity index (χ0v) is 12.0. The van der Waals surface area contributed by atoms with Gasteiger partial charge in [-0.2, -0.15) is 0 Å². The Bertz CT molecular complexity index is 171. The summed E-state index contributed by atoms with van der Waals surface area (Å²) in [5.41, 5.74) is 0. The van der Waals surface area contributed by atoms with E-state index in [4.69, 9.17) is 0 Å². The summed E-state index contributed by atoms with van der Waals surface area (Å²) in [6.07, 6.45) is 11.7. The molecule has 96 valence electrons. The predicted molar refractivity (Wildman–Crippen MR) is 73.6 cm³/mol. The van der Waals surface area contributed by atoms with Gasteiger partial charge < -0.3 is 0 Å². The number of hydrogen-bond acceptors (Lipinski definition) is 0. The highest BCUT2D eigenvalue weighted by Crippen LogP contribution is 2.39. The van der Waals surface area contributed by atoms with Gasteiger partial charge in [0.2, 0.25) is 0 Å². The van der Waals surface area contributed by atoms with E-state index in [1.54, 1.807) is 0 Å². The van der Waals surface area contributed by atoms with Gasteiger partial charge in [-0.1, -0.05) is 72.6 Å². The highest BCUT2D eigenvalue weighted by molar-refractivity contribution is 4.79. The summed E-state index contributed by atoms with van der Waals surface area (Å²) >= 11 is 0. The van der Waals surface area contributed by atoms with Crippen LogP contribution in [0.4, 0.5) is 0 Å². The van der Waals surface area contributed by atoms with Crippen molar-refractivity contribution < 1.29 is 0 Å². The van der Waals surface area contributed by atoms with Crippen LogP contribution in [0.3, 0.4) is 0 Å². The zero-order valence-electron chi connectivity index (χ0n) is 12.0. The van der Waals surface area contributed by atoms with Crippen molar-refractivity contribution >= 4 is 0 Å². The molecule has 0 saturated heterocycles. The monoisotopic (exact) mass is 224 g/mol. The van der Waals surface area contributed by atoms with E-state index < -0.39 is 0 Å². The minimum Gasteiger partial charge on any atom is -0.0654 e. The number of rotatable bonds is 5. The molecule has 0 spiro atoms. The van der Waals surface area contributed by atoms with Gasteiger partial charge in [0.25, 0.3) is 0 Å². The Hall–Kier alpha value is 0. The molecule has 0 N–H and O–H groups in total. The van der Waals surface area contributed by atoms with Crippen molar-refractivity contribution in [2.45, 2.75) is 79.1 Å². The summed E-state index contributed by atoms with van der Waals surface area (Å²) in [5, 5.41) is 0. The molecule has 0 radical (unpaired) electrons. The molecule has 1 fully saturated rings. The van der Waals surface area contributed by atoms with E-state index >= 15 is 0 Å². The van der Waals surface area contributed by atoms with Crippen LogP contribution < -0.4 is 0 Å². The van der Waals surface area contributed by atoms with Crippen molar-refractivity contribution in [2.24, 2.45) is 23.7 Å². The van der Waals surface area contributed by atoms with Crippen LogP contribution in [-0.2, 0) is 0 Å². The van der Waals surface area contributed by atoms with Gasteiger partial charge in [-0.15, -0.1) is 0 Å². The fourth-order valence-electron chi connectivity index (χ4n) is 3.67. The van der Waals surface area contributed by atoms with E-state index in [0.29, 0.717) is 0 Å². The molecule has 0 aromatic heterocycles. The minimum absolute atomic E-state index is 0.891. The second-order valence-electron chi connectivity index (χ2n) is 6.31. The first kappa shape index (κ1) is 14.1. The van der Waals surface area contributed by atoms with Crippen molar-refractivity contribution in [3.8, 4) is 0 Å². The van der Waals surface area contributed by atoms with Crippen LogP contribution >= 0.6 is 0 Å². The number of hydrogen-bond donors (Lipinski definition) is 0. The SMILES string of the molecule is CCCCCC1CCCCC(C(C)C)C1C. The van der Waals surface area contributed by atoms with Crippen molar-refractivity contribution in [2.75, 3.05) is 0 Å². The van der Waals surface area contributed by atoms with Crippen molar-refractivity contribution in [3.05, 3.63) is 0 Å². The molecule has 0 amide bonds. The topological polar surface area (TPSA) is 0 Å². The Morgan fingerprint density at radius 1 is 1.06 bits per heavy atom. The maximum absolute atomic E-state index is 2.53. The third-order valence-corrected chi connectivity index (χ3v) is 4.82. The van der Waals surface area contributed by atoms with Gasteiger partial charge in [-0.05, 0) is 30.1 Å². The van der Waals surface area contributed by atoms with Crippen LogP contribution in [0.25, 0.3) is 0 Å². The lowest BCUT2D eigenvalue weighted by Gasteiger charge is -2.31. The molecule has 1 aliphatic rings. The van der Waals surface area contributed by atoms with Gasteiger partial charge in [0, 0.05) is 0 Å². The van der Waals surface area contributed by atoms with E-state index in [9.17, 15) is 0 Å². The molecule has 0 nitrogen and oxygen atoms in total. The molecule has 3 unspecified atom stereocenters. The Morgan fingerprint density at radius 2 is 1.75 bits per heavy atom. The molecule has 0 aromatic rings. The lowest BCUT2D eigenvalue weighted by atomic mass is 9.74. The summed E-state index contributed by atoms with van der Waals surface area (Å²) in [6, 6.07) is 0. The largest absolute Gasteiger partial charge is 0.0654 e. The molecule has 16 heavy (non-hydrogen) atoms. The summed E-state index contributed by atoms with van der Waals surface area (Å²) < 4.78 is 0. The molecule has 0 heterocycles. The second-order valence-corrected chi connectivity index (χ2v) is 6.31. The van der Waals surface area contributed by atoms with Gasteiger partial charge in [0.05, 0.1) is 0 Å². The van der Waals surface area contributed by atoms with Crippen molar-refractivity contribution in [1.29, 1.82) is 0 Å². The molecular formula is C16H32. The van der Waals surface area contributed by atoms with Crippen LogP contribution in [0, 0.1) is 23.7 Å². The van der Waals surface area contributed by atoms with Crippen molar-refractivity contribution in [3.63, 3.8) is 0 Å². The van der Waals surface area contributed by atoms with Gasteiger partial charge in [-0.3, -0.25) is 0 Å². The fraction of sp³-hybridized carbons (Fsp3) is 1.00. The van der Waals surface area contributed by atoms with Crippen LogP contribution in [0.2, 0.25) is 0 Å². The summed E-state index contributed by atoms with van der Waals surface area (Å²) in [6.45, 7) is 9.70. The van der Waals surface area contributed by atoms with E-state index in [1.807, 2.05) is 0 Å². The average molecular weight is 224 g/mol. The predicted octanol–water partition coefficient (Wildman–Crippen LogP) is 5.67. The normalized spacial score (nSPS) is 31.7. The molecule has 1 saturated carbocycles. The van der Waals surface area contributed by atoms with E-state index in [-0.39, 0.29) is 0 Å². The first-order valence-corrected chi connectivity index (χ1v) is 7.66. The first-order chi connectivity index (χ1) is 7.66. The zero-order chi connectivity index (χ0) is 12.0.